The maximum Gasteiger partial charge on any atom is 0.409 e. The Bertz CT molecular complexity index is 379. The molecule has 0 saturated carbocycles. The van der Waals surface area contributed by atoms with Crippen molar-refractivity contribution >= 4 is 6.09 Å². The van der Waals surface area contributed by atoms with Crippen molar-refractivity contribution in [2.45, 2.75) is 25.0 Å². The summed E-state index contributed by atoms with van der Waals surface area (Å²) < 4.78 is 0. The summed E-state index contributed by atoms with van der Waals surface area (Å²) in [7, 11) is 0. The lowest BCUT2D eigenvalue weighted by Crippen LogP contribution is -2.48. The van der Waals surface area contributed by atoms with Crippen LogP contribution >= 0.6 is 0 Å². The number of carbonyl (C=O) groups is 1. The molecule has 0 bridgehead atoms. The molecule has 0 aromatic heterocycles. The van der Waals surface area contributed by atoms with E-state index in [4.69, 9.17) is 5.11 Å². The van der Waals surface area contributed by atoms with Gasteiger partial charge in [-0.3, -0.25) is 4.90 Å². The molecule has 1 aliphatic rings. The van der Waals surface area contributed by atoms with Gasteiger partial charge in [-0.2, -0.15) is 0 Å². The minimum atomic E-state index is -1.23. The number of likely N-dealkylation sites (tertiary alicyclic amines) is 1. The lowest BCUT2D eigenvalue weighted by Gasteiger charge is -2.31. The number of nitrogens with zero attached hydrogens (tertiary/aromatic N) is 1. The molecule has 86 valence electrons. The monoisotopic (exact) mass is 221 g/mol. The highest BCUT2D eigenvalue weighted by Crippen LogP contribution is 2.30. The van der Waals surface area contributed by atoms with Crippen LogP contribution in [-0.4, -0.2) is 33.5 Å². The topological polar surface area (TPSA) is 60.8 Å². The number of rotatable bonds is 2. The quantitative estimate of drug-likeness (QED) is 0.799. The second kappa shape index (κ2) is 4.14. The minimum absolute atomic E-state index is 0.361. The summed E-state index contributed by atoms with van der Waals surface area (Å²) in [5.41, 5.74) is -0.272. The predicted molar refractivity (Wildman–Crippen MR) is 59.1 cm³/mol. The van der Waals surface area contributed by atoms with Crippen molar-refractivity contribution in [1.82, 2.24) is 4.90 Å². The molecule has 0 radical (unpaired) electrons. The molecule has 16 heavy (non-hydrogen) atoms. The summed E-state index contributed by atoms with van der Waals surface area (Å²) in [6.07, 6.45) is 0.542. The van der Waals surface area contributed by atoms with E-state index in [1.807, 2.05) is 30.3 Å². The van der Waals surface area contributed by atoms with Gasteiger partial charge in [-0.15, -0.1) is 0 Å². The van der Waals surface area contributed by atoms with Gasteiger partial charge in [0.25, 0.3) is 0 Å². The molecule has 0 spiro atoms. The zero-order valence-electron chi connectivity index (χ0n) is 8.97. The molecule has 1 aromatic carbocycles. The van der Waals surface area contributed by atoms with Crippen LogP contribution in [0.2, 0.25) is 0 Å². The Morgan fingerprint density at radius 1 is 1.38 bits per heavy atom. The number of benzene rings is 1. The van der Waals surface area contributed by atoms with E-state index in [0.717, 1.165) is 16.9 Å². The number of aliphatic hydroxyl groups is 1. The molecule has 1 saturated heterocycles. The molecule has 1 aromatic rings. The highest BCUT2D eigenvalue weighted by Gasteiger charge is 2.41. The van der Waals surface area contributed by atoms with Gasteiger partial charge in [0.2, 0.25) is 0 Å². The van der Waals surface area contributed by atoms with Crippen molar-refractivity contribution in [3.63, 3.8) is 0 Å². The van der Waals surface area contributed by atoms with Gasteiger partial charge in [0.05, 0.1) is 0 Å². The van der Waals surface area contributed by atoms with Gasteiger partial charge < -0.3 is 10.2 Å². The predicted octanol–water partition coefficient (Wildman–Crippen LogP) is 1.69. The Hall–Kier alpha value is -1.55. The first-order valence-electron chi connectivity index (χ1n) is 5.39. The largest absolute Gasteiger partial charge is 0.465 e. The van der Waals surface area contributed by atoms with Gasteiger partial charge in [-0.05, 0) is 18.4 Å². The second-order valence-corrected chi connectivity index (χ2v) is 4.18. The maximum atomic E-state index is 11.0. The standard InChI is InChI=1S/C12H15NO3/c14-11(15)13-8-4-7-12(13,16)9-10-5-2-1-3-6-10/h1-3,5-6,16H,4,7-9H2,(H,14,15). The summed E-state index contributed by atoms with van der Waals surface area (Å²) >= 11 is 0. The molecular weight excluding hydrogens is 206 g/mol. The number of carboxylic acid groups (broad SMARTS) is 1. The SMILES string of the molecule is O=C(O)N1CCCC1(O)Cc1ccccc1. The molecule has 1 heterocycles. The summed E-state index contributed by atoms with van der Waals surface area (Å²) in [5.74, 6) is 0. The van der Waals surface area contributed by atoms with Crippen LogP contribution in [0.3, 0.4) is 0 Å². The Balaban J connectivity index is 2.16. The van der Waals surface area contributed by atoms with Gasteiger partial charge in [0, 0.05) is 13.0 Å². The molecule has 1 atom stereocenters. The van der Waals surface area contributed by atoms with E-state index in [1.165, 1.54) is 0 Å². The Kier molecular flexibility index (Phi) is 2.83. The van der Waals surface area contributed by atoms with Crippen LogP contribution in [0.5, 0.6) is 0 Å². The fraction of sp³-hybridized carbons (Fsp3) is 0.417. The van der Waals surface area contributed by atoms with E-state index < -0.39 is 11.8 Å². The number of hydrogen-bond donors (Lipinski definition) is 2. The van der Waals surface area contributed by atoms with Crippen LogP contribution in [0.25, 0.3) is 0 Å². The lowest BCUT2D eigenvalue weighted by molar-refractivity contribution is -0.0647. The minimum Gasteiger partial charge on any atom is -0.465 e. The molecule has 4 heteroatoms. The average Bonchev–Trinajstić information content (AvgIpc) is 2.61. The first-order chi connectivity index (χ1) is 7.62. The summed E-state index contributed by atoms with van der Waals surface area (Å²) in [4.78, 5) is 12.1. The third-order valence-electron chi connectivity index (χ3n) is 3.02. The van der Waals surface area contributed by atoms with Crippen LogP contribution in [0.4, 0.5) is 4.79 Å². The molecular formula is C12H15NO3. The molecule has 1 fully saturated rings. The van der Waals surface area contributed by atoms with E-state index >= 15 is 0 Å². The van der Waals surface area contributed by atoms with Crippen molar-refractivity contribution in [2.75, 3.05) is 6.54 Å². The molecule has 1 aliphatic heterocycles. The fourth-order valence-electron chi connectivity index (χ4n) is 2.24. The molecule has 2 N–H and O–H groups in total. The normalized spacial score (nSPS) is 24.7. The van der Waals surface area contributed by atoms with Gasteiger partial charge >= 0.3 is 6.09 Å². The number of hydrogen-bond acceptors (Lipinski definition) is 2. The van der Waals surface area contributed by atoms with E-state index in [9.17, 15) is 9.90 Å². The van der Waals surface area contributed by atoms with Gasteiger partial charge in [-0.25, -0.2) is 4.79 Å². The van der Waals surface area contributed by atoms with Crippen molar-refractivity contribution in [1.29, 1.82) is 0 Å². The smallest absolute Gasteiger partial charge is 0.409 e. The van der Waals surface area contributed by atoms with Crippen LogP contribution in [0, 0.1) is 0 Å². The van der Waals surface area contributed by atoms with Crippen LogP contribution in [-0.2, 0) is 6.42 Å². The summed E-state index contributed by atoms with van der Waals surface area (Å²) in [6.45, 7) is 0.415. The third-order valence-corrected chi connectivity index (χ3v) is 3.02. The fourth-order valence-corrected chi connectivity index (χ4v) is 2.24. The van der Waals surface area contributed by atoms with Crippen LogP contribution < -0.4 is 0 Å². The van der Waals surface area contributed by atoms with Crippen LogP contribution in [0.1, 0.15) is 18.4 Å². The summed E-state index contributed by atoms with van der Waals surface area (Å²) in [5, 5.41) is 19.3. The molecule has 1 unspecified atom stereocenters. The number of amides is 1. The Morgan fingerprint density at radius 3 is 2.69 bits per heavy atom. The van der Waals surface area contributed by atoms with Crippen molar-refractivity contribution in [2.24, 2.45) is 0 Å². The lowest BCUT2D eigenvalue weighted by atomic mass is 10.0. The van der Waals surface area contributed by atoms with E-state index in [2.05, 4.69) is 0 Å². The zero-order valence-corrected chi connectivity index (χ0v) is 8.97. The molecule has 0 aliphatic carbocycles. The second-order valence-electron chi connectivity index (χ2n) is 4.18. The van der Waals surface area contributed by atoms with Crippen molar-refractivity contribution in [3.8, 4) is 0 Å². The first kappa shape index (κ1) is 11.0. The van der Waals surface area contributed by atoms with E-state index in [1.54, 1.807) is 0 Å². The Morgan fingerprint density at radius 2 is 2.06 bits per heavy atom. The highest BCUT2D eigenvalue weighted by molar-refractivity contribution is 5.66. The zero-order chi connectivity index (χ0) is 11.6. The molecule has 2 rings (SSSR count). The van der Waals surface area contributed by atoms with Gasteiger partial charge in [-0.1, -0.05) is 30.3 Å². The average molecular weight is 221 g/mol. The maximum absolute atomic E-state index is 11.0. The highest BCUT2D eigenvalue weighted by atomic mass is 16.4. The van der Waals surface area contributed by atoms with Crippen LogP contribution in [0.15, 0.2) is 30.3 Å². The van der Waals surface area contributed by atoms with Gasteiger partial charge in [0.1, 0.15) is 5.72 Å². The summed E-state index contributed by atoms with van der Waals surface area (Å²) in [6, 6.07) is 9.47. The van der Waals surface area contributed by atoms with E-state index in [-0.39, 0.29) is 0 Å². The third kappa shape index (κ3) is 2.02. The molecule has 1 amide bonds. The first-order valence-corrected chi connectivity index (χ1v) is 5.39. The van der Waals surface area contributed by atoms with Gasteiger partial charge in [0.15, 0.2) is 0 Å². The van der Waals surface area contributed by atoms with Crippen molar-refractivity contribution in [3.05, 3.63) is 35.9 Å². The van der Waals surface area contributed by atoms with E-state index in [0.29, 0.717) is 19.4 Å². The molecule has 4 nitrogen and oxygen atoms in total. The Labute approximate surface area is 94.1 Å². The van der Waals surface area contributed by atoms with Crippen molar-refractivity contribution < 1.29 is 15.0 Å².